The molecule has 0 unspecified atom stereocenters. The van der Waals surface area contributed by atoms with Gasteiger partial charge in [0, 0.05) is 6.54 Å². The SMILES string of the molecule is COC(=O)c1cc(CN)c(N)c(OC)c1. The minimum atomic E-state index is -0.442. The Morgan fingerprint density at radius 3 is 2.53 bits per heavy atom. The zero-order valence-electron chi connectivity index (χ0n) is 8.74. The summed E-state index contributed by atoms with van der Waals surface area (Å²) >= 11 is 0. The number of anilines is 1. The quantitative estimate of drug-likeness (QED) is 0.561. The predicted molar refractivity (Wildman–Crippen MR) is 56.6 cm³/mol. The summed E-state index contributed by atoms with van der Waals surface area (Å²) in [4.78, 5) is 11.3. The molecule has 0 saturated carbocycles. The van der Waals surface area contributed by atoms with Gasteiger partial charge in [-0.15, -0.1) is 0 Å². The van der Waals surface area contributed by atoms with E-state index in [0.29, 0.717) is 22.6 Å². The summed E-state index contributed by atoms with van der Waals surface area (Å²) in [5.41, 5.74) is 12.7. The minimum Gasteiger partial charge on any atom is -0.495 e. The van der Waals surface area contributed by atoms with Crippen LogP contribution in [0.1, 0.15) is 15.9 Å². The predicted octanol–water partition coefficient (Wildman–Crippen LogP) is 0.523. The lowest BCUT2D eigenvalue weighted by Crippen LogP contribution is -2.08. The average Bonchev–Trinajstić information content (AvgIpc) is 2.28. The van der Waals surface area contributed by atoms with Gasteiger partial charge in [0.15, 0.2) is 0 Å². The van der Waals surface area contributed by atoms with Crippen molar-refractivity contribution in [1.29, 1.82) is 0 Å². The Kier molecular flexibility index (Phi) is 3.51. The number of benzene rings is 1. The lowest BCUT2D eigenvalue weighted by Gasteiger charge is -2.10. The van der Waals surface area contributed by atoms with Gasteiger partial charge in [-0.25, -0.2) is 4.79 Å². The van der Waals surface area contributed by atoms with Crippen LogP contribution in [0.3, 0.4) is 0 Å². The molecule has 0 amide bonds. The van der Waals surface area contributed by atoms with E-state index in [1.807, 2.05) is 0 Å². The molecule has 0 bridgehead atoms. The minimum absolute atomic E-state index is 0.243. The van der Waals surface area contributed by atoms with Crippen LogP contribution in [0.4, 0.5) is 5.69 Å². The number of nitrogen functional groups attached to an aromatic ring is 1. The molecule has 1 rings (SSSR count). The molecule has 0 aliphatic rings. The fraction of sp³-hybridized carbons (Fsp3) is 0.300. The third kappa shape index (κ3) is 2.19. The van der Waals surface area contributed by atoms with Gasteiger partial charge in [-0.2, -0.15) is 0 Å². The van der Waals surface area contributed by atoms with Crippen molar-refractivity contribution in [2.75, 3.05) is 20.0 Å². The van der Waals surface area contributed by atoms with Gasteiger partial charge >= 0.3 is 5.97 Å². The summed E-state index contributed by atoms with van der Waals surface area (Å²) in [6.45, 7) is 0.243. The lowest BCUT2D eigenvalue weighted by atomic mass is 10.1. The normalized spacial score (nSPS) is 9.80. The number of carbonyl (C=O) groups is 1. The topological polar surface area (TPSA) is 87.6 Å². The summed E-state index contributed by atoms with van der Waals surface area (Å²) < 4.78 is 9.63. The summed E-state index contributed by atoms with van der Waals surface area (Å²) in [5, 5.41) is 0. The number of methoxy groups -OCH3 is 2. The van der Waals surface area contributed by atoms with Crippen molar-refractivity contribution in [3.05, 3.63) is 23.3 Å². The Bertz CT molecular complexity index is 352. The Hall–Kier alpha value is -1.75. The van der Waals surface area contributed by atoms with E-state index in [0.717, 1.165) is 0 Å². The maximum absolute atomic E-state index is 11.3. The standard InChI is InChI=1S/C10H14N2O3/c1-14-8-4-6(10(13)15-2)3-7(5-11)9(8)12/h3-4H,5,11-12H2,1-2H3. The molecule has 0 fully saturated rings. The molecule has 1 aromatic carbocycles. The van der Waals surface area contributed by atoms with E-state index < -0.39 is 5.97 Å². The molecule has 1 aromatic rings. The zero-order chi connectivity index (χ0) is 11.4. The lowest BCUT2D eigenvalue weighted by molar-refractivity contribution is 0.0600. The molecule has 0 aromatic heterocycles. The number of ether oxygens (including phenoxy) is 2. The maximum Gasteiger partial charge on any atom is 0.337 e. The molecule has 0 radical (unpaired) electrons. The Morgan fingerprint density at radius 2 is 2.07 bits per heavy atom. The third-order valence-electron chi connectivity index (χ3n) is 2.09. The highest BCUT2D eigenvalue weighted by atomic mass is 16.5. The smallest absolute Gasteiger partial charge is 0.337 e. The van der Waals surface area contributed by atoms with E-state index in [9.17, 15) is 4.79 Å². The molecule has 82 valence electrons. The first-order valence-electron chi connectivity index (χ1n) is 4.38. The summed E-state index contributed by atoms with van der Waals surface area (Å²) in [7, 11) is 2.79. The van der Waals surface area contributed by atoms with Gasteiger partial charge in [0.1, 0.15) is 5.75 Å². The van der Waals surface area contributed by atoms with Crippen LogP contribution >= 0.6 is 0 Å². The van der Waals surface area contributed by atoms with E-state index in [4.69, 9.17) is 16.2 Å². The Morgan fingerprint density at radius 1 is 1.40 bits per heavy atom. The van der Waals surface area contributed by atoms with Crippen LogP contribution < -0.4 is 16.2 Å². The maximum atomic E-state index is 11.3. The van der Waals surface area contributed by atoms with E-state index in [1.54, 1.807) is 6.07 Å². The van der Waals surface area contributed by atoms with Gasteiger partial charge in [-0.3, -0.25) is 0 Å². The van der Waals surface area contributed by atoms with Crippen molar-refractivity contribution >= 4 is 11.7 Å². The van der Waals surface area contributed by atoms with Crippen LogP contribution in [0.2, 0.25) is 0 Å². The van der Waals surface area contributed by atoms with Gasteiger partial charge in [-0.05, 0) is 17.7 Å². The Labute approximate surface area is 88.0 Å². The monoisotopic (exact) mass is 210 g/mol. The second-order valence-electron chi connectivity index (χ2n) is 2.95. The number of hydrogen-bond donors (Lipinski definition) is 2. The molecule has 15 heavy (non-hydrogen) atoms. The van der Waals surface area contributed by atoms with Crippen LogP contribution in [-0.2, 0) is 11.3 Å². The zero-order valence-corrected chi connectivity index (χ0v) is 8.74. The van der Waals surface area contributed by atoms with Crippen molar-refractivity contribution in [3.63, 3.8) is 0 Å². The molecule has 5 nitrogen and oxygen atoms in total. The van der Waals surface area contributed by atoms with Gasteiger partial charge < -0.3 is 20.9 Å². The summed E-state index contributed by atoms with van der Waals surface area (Å²) in [6, 6.07) is 3.13. The first kappa shape index (κ1) is 11.3. The summed E-state index contributed by atoms with van der Waals surface area (Å²) in [6.07, 6.45) is 0. The van der Waals surface area contributed by atoms with Crippen LogP contribution in [0.5, 0.6) is 5.75 Å². The van der Waals surface area contributed by atoms with Crippen molar-refractivity contribution in [3.8, 4) is 5.75 Å². The fourth-order valence-electron chi connectivity index (χ4n) is 1.26. The van der Waals surface area contributed by atoms with Crippen molar-refractivity contribution in [1.82, 2.24) is 0 Å². The van der Waals surface area contributed by atoms with Crippen LogP contribution in [0.25, 0.3) is 0 Å². The molecule has 0 atom stereocenters. The highest BCUT2D eigenvalue weighted by Crippen LogP contribution is 2.27. The van der Waals surface area contributed by atoms with Crippen LogP contribution in [-0.4, -0.2) is 20.2 Å². The number of esters is 1. The molecular formula is C10H14N2O3. The van der Waals surface area contributed by atoms with E-state index in [1.165, 1.54) is 20.3 Å². The average molecular weight is 210 g/mol. The second-order valence-corrected chi connectivity index (χ2v) is 2.95. The molecular weight excluding hydrogens is 196 g/mol. The van der Waals surface area contributed by atoms with Crippen molar-refractivity contribution in [2.45, 2.75) is 6.54 Å². The first-order chi connectivity index (χ1) is 7.13. The third-order valence-corrected chi connectivity index (χ3v) is 2.09. The van der Waals surface area contributed by atoms with Crippen molar-refractivity contribution in [2.24, 2.45) is 5.73 Å². The van der Waals surface area contributed by atoms with E-state index in [2.05, 4.69) is 4.74 Å². The fourth-order valence-corrected chi connectivity index (χ4v) is 1.26. The molecule has 0 saturated heterocycles. The molecule has 5 heteroatoms. The largest absolute Gasteiger partial charge is 0.495 e. The first-order valence-corrected chi connectivity index (χ1v) is 4.38. The van der Waals surface area contributed by atoms with Crippen LogP contribution in [0.15, 0.2) is 12.1 Å². The molecule has 4 N–H and O–H groups in total. The summed E-state index contributed by atoms with van der Waals surface area (Å²) in [5.74, 6) is -0.0126. The van der Waals surface area contributed by atoms with Gasteiger partial charge in [-0.1, -0.05) is 0 Å². The number of rotatable bonds is 3. The number of hydrogen-bond acceptors (Lipinski definition) is 5. The molecule has 0 spiro atoms. The van der Waals surface area contributed by atoms with Gasteiger partial charge in [0.2, 0.25) is 0 Å². The van der Waals surface area contributed by atoms with E-state index in [-0.39, 0.29) is 6.54 Å². The van der Waals surface area contributed by atoms with Gasteiger partial charge in [0.25, 0.3) is 0 Å². The molecule has 0 aliphatic carbocycles. The van der Waals surface area contributed by atoms with Gasteiger partial charge in [0.05, 0.1) is 25.5 Å². The second kappa shape index (κ2) is 4.65. The van der Waals surface area contributed by atoms with Crippen LogP contribution in [0, 0.1) is 0 Å². The number of nitrogens with two attached hydrogens (primary N) is 2. The number of carbonyl (C=O) groups excluding carboxylic acids is 1. The van der Waals surface area contributed by atoms with E-state index >= 15 is 0 Å². The highest BCUT2D eigenvalue weighted by Gasteiger charge is 2.12. The highest BCUT2D eigenvalue weighted by molar-refractivity contribution is 5.91. The molecule has 0 aliphatic heterocycles. The van der Waals surface area contributed by atoms with Crippen molar-refractivity contribution < 1.29 is 14.3 Å². The molecule has 0 heterocycles. The Balaban J connectivity index is 3.26.